The molecular weight excluding hydrogens is 280 g/mol. The van der Waals surface area contributed by atoms with Gasteiger partial charge in [0.1, 0.15) is 0 Å². The Hall–Kier alpha value is -1.52. The predicted molar refractivity (Wildman–Crippen MR) is 86.8 cm³/mol. The highest BCUT2D eigenvalue weighted by molar-refractivity contribution is 7.99. The lowest BCUT2D eigenvalue weighted by Crippen LogP contribution is -2.24. The van der Waals surface area contributed by atoms with Crippen LogP contribution in [0.5, 0.6) is 5.88 Å². The Kier molecular flexibility index (Phi) is 4.46. The summed E-state index contributed by atoms with van der Waals surface area (Å²) in [5.74, 6) is 1.80. The Morgan fingerprint density at radius 1 is 1.19 bits per heavy atom. The van der Waals surface area contributed by atoms with Gasteiger partial charge in [-0.25, -0.2) is 4.98 Å². The molecule has 1 aliphatic rings. The molecular formula is C17H20N2OS. The van der Waals surface area contributed by atoms with E-state index < -0.39 is 0 Å². The molecule has 0 radical (unpaired) electrons. The van der Waals surface area contributed by atoms with Crippen LogP contribution in [0.25, 0.3) is 0 Å². The van der Waals surface area contributed by atoms with Gasteiger partial charge in [-0.05, 0) is 18.6 Å². The molecule has 0 amide bonds. The van der Waals surface area contributed by atoms with Gasteiger partial charge in [0.15, 0.2) is 0 Å². The second kappa shape index (κ2) is 6.50. The Bertz CT molecular complexity index is 613. The highest BCUT2D eigenvalue weighted by Crippen LogP contribution is 2.28. The fourth-order valence-corrected chi connectivity index (χ4v) is 3.50. The van der Waals surface area contributed by atoms with Crippen LogP contribution in [-0.2, 0) is 13.1 Å². The van der Waals surface area contributed by atoms with Gasteiger partial charge in [0, 0.05) is 36.3 Å². The minimum Gasteiger partial charge on any atom is -0.481 e. The first-order valence-electron chi connectivity index (χ1n) is 7.19. The van der Waals surface area contributed by atoms with E-state index in [4.69, 9.17) is 4.74 Å². The summed E-state index contributed by atoms with van der Waals surface area (Å²) in [4.78, 5) is 8.35. The normalized spacial score (nSPS) is 15.3. The number of nitrogens with zero attached hydrogens (tertiary/aromatic N) is 2. The van der Waals surface area contributed by atoms with Gasteiger partial charge in [0.25, 0.3) is 0 Å². The SMILES string of the molecule is COc1ccc2c(n1)CN(Cc1ccc(C)cc1)CCS2. The molecule has 0 N–H and O–H groups in total. The second-order valence-corrected chi connectivity index (χ2v) is 6.48. The van der Waals surface area contributed by atoms with E-state index >= 15 is 0 Å². The quantitative estimate of drug-likeness (QED) is 0.866. The van der Waals surface area contributed by atoms with Crippen LogP contribution >= 0.6 is 11.8 Å². The van der Waals surface area contributed by atoms with Gasteiger partial charge in [-0.1, -0.05) is 29.8 Å². The van der Waals surface area contributed by atoms with Gasteiger partial charge in [-0.15, -0.1) is 11.8 Å². The van der Waals surface area contributed by atoms with Crippen molar-refractivity contribution in [2.75, 3.05) is 19.4 Å². The van der Waals surface area contributed by atoms with Crippen LogP contribution in [0.15, 0.2) is 41.3 Å². The maximum absolute atomic E-state index is 5.25. The molecule has 0 unspecified atom stereocenters. The van der Waals surface area contributed by atoms with Crippen molar-refractivity contribution >= 4 is 11.8 Å². The Labute approximate surface area is 130 Å². The minimum absolute atomic E-state index is 0.700. The lowest BCUT2D eigenvalue weighted by Gasteiger charge is -2.20. The molecule has 0 aliphatic carbocycles. The summed E-state index contributed by atoms with van der Waals surface area (Å²) in [7, 11) is 1.67. The summed E-state index contributed by atoms with van der Waals surface area (Å²) in [6.45, 7) is 5.06. The Balaban J connectivity index is 1.76. The van der Waals surface area contributed by atoms with Gasteiger partial charge in [-0.3, -0.25) is 4.90 Å². The zero-order valence-electron chi connectivity index (χ0n) is 12.5. The largest absolute Gasteiger partial charge is 0.481 e. The number of fused-ring (bicyclic) bond motifs is 1. The molecule has 0 saturated heterocycles. The summed E-state index contributed by atoms with van der Waals surface area (Å²) in [5.41, 5.74) is 3.79. The zero-order chi connectivity index (χ0) is 14.7. The van der Waals surface area contributed by atoms with Crippen molar-refractivity contribution in [2.24, 2.45) is 0 Å². The van der Waals surface area contributed by atoms with E-state index in [1.807, 2.05) is 17.8 Å². The highest BCUT2D eigenvalue weighted by Gasteiger charge is 2.17. The van der Waals surface area contributed by atoms with Gasteiger partial charge in [0.2, 0.25) is 5.88 Å². The van der Waals surface area contributed by atoms with Crippen LogP contribution < -0.4 is 4.74 Å². The first-order valence-corrected chi connectivity index (χ1v) is 8.18. The summed E-state index contributed by atoms with van der Waals surface area (Å²) in [6, 6.07) is 12.9. The summed E-state index contributed by atoms with van der Waals surface area (Å²) >= 11 is 1.89. The first-order chi connectivity index (χ1) is 10.2. The number of ether oxygens (including phenoxy) is 1. The molecule has 0 saturated carbocycles. The van der Waals surface area contributed by atoms with Crippen LogP contribution in [0.4, 0.5) is 0 Å². The topological polar surface area (TPSA) is 25.4 Å². The molecule has 3 rings (SSSR count). The van der Waals surface area contributed by atoms with Crippen LogP contribution in [0.2, 0.25) is 0 Å². The van der Waals surface area contributed by atoms with E-state index in [2.05, 4.69) is 47.1 Å². The molecule has 2 aromatic rings. The van der Waals surface area contributed by atoms with Crippen molar-refractivity contribution in [1.82, 2.24) is 9.88 Å². The van der Waals surface area contributed by atoms with Crippen molar-refractivity contribution < 1.29 is 4.74 Å². The maximum Gasteiger partial charge on any atom is 0.213 e. The van der Waals surface area contributed by atoms with Crippen molar-refractivity contribution in [3.63, 3.8) is 0 Å². The van der Waals surface area contributed by atoms with E-state index in [-0.39, 0.29) is 0 Å². The monoisotopic (exact) mass is 300 g/mol. The number of aryl methyl sites for hydroxylation is 1. The summed E-state index contributed by atoms with van der Waals surface area (Å²) in [5, 5.41) is 0. The molecule has 110 valence electrons. The van der Waals surface area contributed by atoms with Crippen molar-refractivity contribution in [1.29, 1.82) is 0 Å². The molecule has 0 atom stereocenters. The number of pyridine rings is 1. The van der Waals surface area contributed by atoms with E-state index in [9.17, 15) is 0 Å². The average Bonchev–Trinajstić information content (AvgIpc) is 2.70. The molecule has 1 aromatic heterocycles. The third-order valence-electron chi connectivity index (χ3n) is 3.68. The standard InChI is InChI=1S/C17H20N2OS/c1-13-3-5-14(6-4-13)11-19-9-10-21-16-7-8-17(20-2)18-15(16)12-19/h3-8H,9-12H2,1-2H3. The van der Waals surface area contributed by atoms with E-state index in [1.165, 1.54) is 16.0 Å². The van der Waals surface area contributed by atoms with Gasteiger partial charge < -0.3 is 4.74 Å². The number of rotatable bonds is 3. The Morgan fingerprint density at radius 2 is 2.00 bits per heavy atom. The number of thioether (sulfide) groups is 1. The van der Waals surface area contributed by atoms with Gasteiger partial charge in [-0.2, -0.15) is 0 Å². The van der Waals surface area contributed by atoms with Crippen LogP contribution in [0, 0.1) is 6.92 Å². The third kappa shape index (κ3) is 3.57. The highest BCUT2D eigenvalue weighted by atomic mass is 32.2. The van der Waals surface area contributed by atoms with E-state index in [0.29, 0.717) is 5.88 Å². The van der Waals surface area contributed by atoms with Crippen LogP contribution in [0.1, 0.15) is 16.8 Å². The average molecular weight is 300 g/mol. The maximum atomic E-state index is 5.25. The molecule has 2 heterocycles. The molecule has 0 spiro atoms. The van der Waals surface area contributed by atoms with Crippen molar-refractivity contribution in [2.45, 2.75) is 24.9 Å². The Morgan fingerprint density at radius 3 is 2.76 bits per heavy atom. The molecule has 1 aromatic carbocycles. The number of methoxy groups -OCH3 is 1. The number of aromatic nitrogens is 1. The predicted octanol–water partition coefficient (Wildman–Crippen LogP) is 3.51. The molecule has 0 fully saturated rings. The lowest BCUT2D eigenvalue weighted by atomic mass is 10.1. The molecule has 21 heavy (non-hydrogen) atoms. The van der Waals surface area contributed by atoms with Crippen LogP contribution in [-0.4, -0.2) is 29.3 Å². The zero-order valence-corrected chi connectivity index (χ0v) is 13.3. The number of hydrogen-bond acceptors (Lipinski definition) is 4. The molecule has 0 bridgehead atoms. The molecule has 4 heteroatoms. The second-order valence-electron chi connectivity index (χ2n) is 5.34. The van der Waals surface area contributed by atoms with Crippen molar-refractivity contribution in [3.8, 4) is 5.88 Å². The van der Waals surface area contributed by atoms with Crippen molar-refractivity contribution in [3.05, 3.63) is 53.2 Å². The van der Waals surface area contributed by atoms with Crippen LogP contribution in [0.3, 0.4) is 0 Å². The number of benzene rings is 1. The molecule has 3 nitrogen and oxygen atoms in total. The summed E-state index contributed by atoms with van der Waals surface area (Å²) in [6.07, 6.45) is 0. The fraction of sp³-hybridized carbons (Fsp3) is 0.353. The molecule has 1 aliphatic heterocycles. The number of hydrogen-bond donors (Lipinski definition) is 0. The third-order valence-corrected chi connectivity index (χ3v) is 4.75. The summed E-state index contributed by atoms with van der Waals surface area (Å²) < 4.78 is 5.25. The van der Waals surface area contributed by atoms with E-state index in [1.54, 1.807) is 7.11 Å². The van der Waals surface area contributed by atoms with Gasteiger partial charge >= 0.3 is 0 Å². The smallest absolute Gasteiger partial charge is 0.213 e. The lowest BCUT2D eigenvalue weighted by molar-refractivity contribution is 0.269. The first kappa shape index (κ1) is 14.4. The van der Waals surface area contributed by atoms with E-state index in [0.717, 1.165) is 31.1 Å². The fourth-order valence-electron chi connectivity index (χ4n) is 2.49. The minimum atomic E-state index is 0.700. The van der Waals surface area contributed by atoms with Gasteiger partial charge in [0.05, 0.1) is 12.8 Å².